The van der Waals surface area contributed by atoms with Crippen molar-refractivity contribution >= 4 is 16.7 Å². The minimum absolute atomic E-state index is 0.0906. The van der Waals surface area contributed by atoms with Crippen molar-refractivity contribution in [3.63, 3.8) is 0 Å². The Morgan fingerprint density at radius 2 is 1.83 bits per heavy atom. The van der Waals surface area contributed by atoms with Gasteiger partial charge in [0.2, 0.25) is 5.56 Å². The highest BCUT2D eigenvalue weighted by atomic mass is 19.1. The Morgan fingerprint density at radius 3 is 2.52 bits per heavy atom. The zero-order valence-corrected chi connectivity index (χ0v) is 12.4. The van der Waals surface area contributed by atoms with E-state index in [2.05, 4.69) is 4.98 Å². The van der Waals surface area contributed by atoms with Gasteiger partial charge in [0.15, 0.2) is 5.78 Å². The van der Waals surface area contributed by atoms with E-state index in [9.17, 15) is 14.0 Å². The quantitative estimate of drug-likeness (QED) is 0.751. The fourth-order valence-electron chi connectivity index (χ4n) is 2.39. The van der Waals surface area contributed by atoms with Crippen LogP contribution >= 0.6 is 0 Å². The van der Waals surface area contributed by atoms with Gasteiger partial charge in [-0.25, -0.2) is 4.39 Å². The van der Waals surface area contributed by atoms with Crippen LogP contribution in [-0.4, -0.2) is 10.8 Å². The predicted octanol–water partition coefficient (Wildman–Crippen LogP) is 3.45. The molecule has 23 heavy (non-hydrogen) atoms. The summed E-state index contributed by atoms with van der Waals surface area (Å²) in [6.45, 7) is 1.70. The Hall–Kier alpha value is -2.95. The van der Waals surface area contributed by atoms with E-state index in [1.807, 2.05) is 0 Å². The van der Waals surface area contributed by atoms with Crippen molar-refractivity contribution in [3.8, 4) is 5.75 Å². The van der Waals surface area contributed by atoms with Crippen LogP contribution < -0.4 is 10.3 Å². The van der Waals surface area contributed by atoms with Gasteiger partial charge in [-0.15, -0.1) is 0 Å². The molecule has 0 radical (unpaired) electrons. The summed E-state index contributed by atoms with van der Waals surface area (Å²) in [7, 11) is 0. The van der Waals surface area contributed by atoms with Crippen LogP contribution in [0.1, 0.15) is 22.8 Å². The van der Waals surface area contributed by atoms with Crippen molar-refractivity contribution in [1.82, 2.24) is 4.98 Å². The molecule has 116 valence electrons. The molecule has 0 amide bonds. The van der Waals surface area contributed by atoms with Crippen molar-refractivity contribution in [2.45, 2.75) is 13.5 Å². The number of H-pyrrole nitrogens is 1. The van der Waals surface area contributed by atoms with E-state index in [0.29, 0.717) is 22.2 Å². The fraction of sp³-hybridized carbons (Fsp3) is 0.111. The summed E-state index contributed by atoms with van der Waals surface area (Å²) in [4.78, 5) is 26.0. The summed E-state index contributed by atoms with van der Waals surface area (Å²) in [6, 6.07) is 12.3. The number of hydrogen-bond donors (Lipinski definition) is 1. The van der Waals surface area contributed by atoms with Crippen LogP contribution in [-0.2, 0) is 6.61 Å². The first kappa shape index (κ1) is 15.0. The number of rotatable bonds is 4. The van der Waals surface area contributed by atoms with Gasteiger partial charge in [0.1, 0.15) is 18.2 Å². The third-order valence-corrected chi connectivity index (χ3v) is 3.54. The maximum Gasteiger partial charge on any atom is 0.248 e. The summed E-state index contributed by atoms with van der Waals surface area (Å²) >= 11 is 0. The molecule has 5 heteroatoms. The summed E-state index contributed by atoms with van der Waals surface area (Å²) in [6.07, 6.45) is 0. The van der Waals surface area contributed by atoms with Crippen molar-refractivity contribution in [1.29, 1.82) is 0 Å². The number of ether oxygens (including phenoxy) is 1. The number of ketones is 1. The van der Waals surface area contributed by atoms with Gasteiger partial charge in [0.25, 0.3) is 0 Å². The van der Waals surface area contributed by atoms with E-state index in [1.165, 1.54) is 25.1 Å². The Kier molecular flexibility index (Phi) is 3.93. The largest absolute Gasteiger partial charge is 0.487 e. The molecule has 1 N–H and O–H groups in total. The number of carbonyl (C=O) groups is 1. The fourth-order valence-corrected chi connectivity index (χ4v) is 2.39. The molecule has 0 fully saturated rings. The lowest BCUT2D eigenvalue weighted by Gasteiger charge is -2.11. The van der Waals surface area contributed by atoms with Crippen molar-refractivity contribution in [3.05, 3.63) is 75.8 Å². The molecule has 0 aliphatic rings. The van der Waals surface area contributed by atoms with E-state index in [0.717, 1.165) is 5.56 Å². The van der Waals surface area contributed by atoms with E-state index in [-0.39, 0.29) is 23.8 Å². The SMILES string of the molecule is CC(=O)c1ccc(OCc2ccc(F)cc2)c2[nH]c(=O)ccc12. The molecule has 1 aromatic heterocycles. The number of carbonyl (C=O) groups excluding carboxylic acids is 1. The van der Waals surface area contributed by atoms with Crippen LogP contribution in [0.4, 0.5) is 4.39 Å². The van der Waals surface area contributed by atoms with Gasteiger partial charge >= 0.3 is 0 Å². The van der Waals surface area contributed by atoms with Crippen LogP contribution in [0, 0.1) is 5.82 Å². The standard InChI is InChI=1S/C18H14FNO3/c1-11(21)14-6-8-16(18-15(14)7-9-17(22)20-18)23-10-12-2-4-13(19)5-3-12/h2-9H,10H2,1H3,(H,20,22). The summed E-state index contributed by atoms with van der Waals surface area (Å²) in [5, 5.41) is 0.633. The number of aromatic amines is 1. The molecule has 3 aromatic rings. The Balaban J connectivity index is 1.99. The lowest BCUT2D eigenvalue weighted by molar-refractivity contribution is 0.101. The lowest BCUT2D eigenvalue weighted by atomic mass is 10.0. The third kappa shape index (κ3) is 3.13. The Labute approximate surface area is 131 Å². The van der Waals surface area contributed by atoms with Crippen LogP contribution in [0.2, 0.25) is 0 Å². The molecule has 3 rings (SSSR count). The first-order valence-electron chi connectivity index (χ1n) is 7.09. The Bertz CT molecular complexity index is 929. The number of fused-ring (bicyclic) bond motifs is 1. The summed E-state index contributed by atoms with van der Waals surface area (Å²) in [5.41, 5.74) is 1.52. The number of halogens is 1. The second-order valence-electron chi connectivity index (χ2n) is 5.19. The van der Waals surface area contributed by atoms with Gasteiger partial charge in [-0.05, 0) is 42.8 Å². The number of Topliss-reactive ketones (excluding diaryl/α,β-unsaturated/α-hetero) is 1. The molecular weight excluding hydrogens is 297 g/mol. The summed E-state index contributed by atoms with van der Waals surface area (Å²) < 4.78 is 18.6. The smallest absolute Gasteiger partial charge is 0.248 e. The molecule has 0 unspecified atom stereocenters. The van der Waals surface area contributed by atoms with Gasteiger partial charge in [0.05, 0.1) is 5.52 Å². The monoisotopic (exact) mass is 311 g/mol. The topological polar surface area (TPSA) is 59.2 Å². The normalized spacial score (nSPS) is 10.7. The number of aromatic nitrogens is 1. The van der Waals surface area contributed by atoms with Crippen molar-refractivity contribution in [2.24, 2.45) is 0 Å². The van der Waals surface area contributed by atoms with Crippen LogP contribution in [0.3, 0.4) is 0 Å². The first-order chi connectivity index (χ1) is 11.0. The lowest BCUT2D eigenvalue weighted by Crippen LogP contribution is -2.07. The van der Waals surface area contributed by atoms with Crippen LogP contribution in [0.25, 0.3) is 10.9 Å². The number of nitrogens with one attached hydrogen (secondary N) is 1. The molecule has 4 nitrogen and oxygen atoms in total. The predicted molar refractivity (Wildman–Crippen MR) is 85.3 cm³/mol. The van der Waals surface area contributed by atoms with Crippen LogP contribution in [0.5, 0.6) is 5.75 Å². The number of hydrogen-bond acceptors (Lipinski definition) is 3. The average Bonchev–Trinajstić information content (AvgIpc) is 2.53. The van der Waals surface area contributed by atoms with Gasteiger partial charge in [-0.3, -0.25) is 9.59 Å². The molecule has 2 aromatic carbocycles. The average molecular weight is 311 g/mol. The maximum atomic E-state index is 12.9. The van der Waals surface area contributed by atoms with E-state index < -0.39 is 0 Å². The van der Waals surface area contributed by atoms with Crippen molar-refractivity contribution in [2.75, 3.05) is 0 Å². The van der Waals surface area contributed by atoms with Gasteiger partial charge < -0.3 is 9.72 Å². The highest BCUT2D eigenvalue weighted by molar-refractivity contribution is 6.07. The first-order valence-corrected chi connectivity index (χ1v) is 7.09. The molecule has 0 aliphatic heterocycles. The highest BCUT2D eigenvalue weighted by Gasteiger charge is 2.11. The molecule has 0 aliphatic carbocycles. The number of benzene rings is 2. The van der Waals surface area contributed by atoms with Crippen molar-refractivity contribution < 1.29 is 13.9 Å². The molecule has 0 atom stereocenters. The zero-order valence-electron chi connectivity index (χ0n) is 12.4. The van der Waals surface area contributed by atoms with Gasteiger partial charge in [0, 0.05) is 17.0 Å². The Morgan fingerprint density at radius 1 is 1.09 bits per heavy atom. The second kappa shape index (κ2) is 6.04. The van der Waals surface area contributed by atoms with E-state index in [1.54, 1.807) is 30.3 Å². The molecule has 0 saturated heterocycles. The minimum atomic E-state index is -0.311. The molecule has 1 heterocycles. The van der Waals surface area contributed by atoms with Crippen LogP contribution in [0.15, 0.2) is 53.3 Å². The second-order valence-corrected chi connectivity index (χ2v) is 5.19. The third-order valence-electron chi connectivity index (χ3n) is 3.54. The van der Waals surface area contributed by atoms with Gasteiger partial charge in [-0.1, -0.05) is 12.1 Å². The molecular formula is C18H14FNO3. The zero-order chi connectivity index (χ0) is 16.4. The number of pyridine rings is 1. The van der Waals surface area contributed by atoms with E-state index in [4.69, 9.17) is 4.74 Å². The highest BCUT2D eigenvalue weighted by Crippen LogP contribution is 2.27. The molecule has 0 spiro atoms. The minimum Gasteiger partial charge on any atom is -0.487 e. The molecule has 0 saturated carbocycles. The van der Waals surface area contributed by atoms with Gasteiger partial charge in [-0.2, -0.15) is 0 Å². The van der Waals surface area contributed by atoms with E-state index >= 15 is 0 Å². The molecule has 0 bridgehead atoms. The maximum absolute atomic E-state index is 12.9. The summed E-state index contributed by atoms with van der Waals surface area (Å²) in [5.74, 6) is 0.0634.